The van der Waals surface area contributed by atoms with Gasteiger partial charge in [-0.1, -0.05) is 0 Å². The lowest BCUT2D eigenvalue weighted by atomic mass is 10.1. The number of benzene rings is 1. The number of aliphatic hydroxyl groups is 1. The molecule has 7 nitrogen and oxygen atoms in total. The molecular formula is C20H21N3O4S. The summed E-state index contributed by atoms with van der Waals surface area (Å²) in [6.07, 6.45) is 1.33. The molecule has 0 radical (unpaired) electrons. The first kappa shape index (κ1) is 18.7. The number of ether oxygens (including phenoxy) is 1. The minimum absolute atomic E-state index is 0.131. The number of fused-ring (bicyclic) bond motifs is 2. The Labute approximate surface area is 165 Å². The summed E-state index contributed by atoms with van der Waals surface area (Å²) in [6, 6.07) is 6.78. The Morgan fingerprint density at radius 1 is 1.36 bits per heavy atom. The van der Waals surface area contributed by atoms with Gasteiger partial charge in [-0.05, 0) is 31.5 Å². The molecule has 1 atom stereocenters. The zero-order valence-electron chi connectivity index (χ0n) is 15.6. The number of aliphatic hydroxyl groups excluding tert-OH is 1. The molecule has 2 N–H and O–H groups in total. The molecule has 4 rings (SSSR count). The molecule has 28 heavy (non-hydrogen) atoms. The van der Waals surface area contributed by atoms with Crippen LogP contribution in [-0.4, -0.2) is 33.7 Å². The van der Waals surface area contributed by atoms with Crippen molar-refractivity contribution in [3.8, 4) is 5.75 Å². The highest BCUT2D eigenvalue weighted by molar-refractivity contribution is 7.15. The molecule has 1 unspecified atom stereocenters. The fourth-order valence-electron chi connectivity index (χ4n) is 3.04. The van der Waals surface area contributed by atoms with Gasteiger partial charge in [-0.15, -0.1) is 11.3 Å². The van der Waals surface area contributed by atoms with Gasteiger partial charge in [0.15, 0.2) is 4.96 Å². The van der Waals surface area contributed by atoms with E-state index in [0.29, 0.717) is 24.4 Å². The number of nitrogens with zero attached hydrogens (tertiary/aromatic N) is 2. The number of hydrogen-bond donors (Lipinski definition) is 2. The molecule has 0 saturated carbocycles. The Bertz CT molecular complexity index is 1180. The van der Waals surface area contributed by atoms with Crippen molar-refractivity contribution >= 4 is 27.3 Å². The average molecular weight is 399 g/mol. The highest BCUT2D eigenvalue weighted by Crippen LogP contribution is 2.22. The van der Waals surface area contributed by atoms with Gasteiger partial charge in [0.05, 0.1) is 5.69 Å². The smallest absolute Gasteiger partial charge is 0.336 e. The Kier molecular flexibility index (Phi) is 5.17. The fourth-order valence-corrected chi connectivity index (χ4v) is 3.91. The minimum Gasteiger partial charge on any atom is -0.491 e. The molecule has 0 fully saturated rings. The summed E-state index contributed by atoms with van der Waals surface area (Å²) in [7, 11) is 0. The molecule has 8 heteroatoms. The van der Waals surface area contributed by atoms with E-state index in [2.05, 4.69) is 20.1 Å². The first-order valence-electron chi connectivity index (χ1n) is 8.98. The van der Waals surface area contributed by atoms with E-state index in [-0.39, 0.29) is 12.2 Å². The quantitative estimate of drug-likeness (QED) is 0.465. The van der Waals surface area contributed by atoms with E-state index in [9.17, 15) is 9.90 Å². The predicted molar refractivity (Wildman–Crippen MR) is 108 cm³/mol. The van der Waals surface area contributed by atoms with Gasteiger partial charge in [0, 0.05) is 47.9 Å². The molecule has 0 bridgehead atoms. The summed E-state index contributed by atoms with van der Waals surface area (Å²) < 4.78 is 12.9. The van der Waals surface area contributed by atoms with E-state index in [4.69, 9.17) is 9.15 Å². The molecule has 1 aromatic carbocycles. The van der Waals surface area contributed by atoms with Crippen molar-refractivity contribution in [2.24, 2.45) is 0 Å². The van der Waals surface area contributed by atoms with Crippen molar-refractivity contribution in [3.63, 3.8) is 0 Å². The third-order valence-electron chi connectivity index (χ3n) is 4.49. The van der Waals surface area contributed by atoms with Crippen molar-refractivity contribution in [2.75, 3.05) is 13.2 Å². The predicted octanol–water partition coefficient (Wildman–Crippen LogP) is 2.65. The number of hydrogen-bond acceptors (Lipinski definition) is 7. The van der Waals surface area contributed by atoms with Crippen LogP contribution < -0.4 is 15.7 Å². The molecule has 0 saturated heterocycles. The van der Waals surface area contributed by atoms with Crippen LogP contribution in [0.5, 0.6) is 5.75 Å². The summed E-state index contributed by atoms with van der Waals surface area (Å²) in [6.45, 7) is 4.99. The molecule has 0 amide bonds. The van der Waals surface area contributed by atoms with Crippen molar-refractivity contribution in [1.82, 2.24) is 14.7 Å². The maximum Gasteiger partial charge on any atom is 0.336 e. The highest BCUT2D eigenvalue weighted by Gasteiger charge is 2.09. The molecule has 0 aliphatic carbocycles. The lowest BCUT2D eigenvalue weighted by molar-refractivity contribution is 0.106. The van der Waals surface area contributed by atoms with Gasteiger partial charge in [-0.2, -0.15) is 0 Å². The van der Waals surface area contributed by atoms with Crippen molar-refractivity contribution in [3.05, 3.63) is 63.2 Å². The standard InChI is InChI=1S/C20H21N3O4S/c1-12-5-19(25)27-18-6-16(3-4-17(12)18)26-10-15(24)8-21-7-14-9-23-13(2)11-28-20(23)22-14/h3-6,9,11,15,21,24H,7-8,10H2,1-2H3. The van der Waals surface area contributed by atoms with Crippen LogP contribution in [0.1, 0.15) is 17.0 Å². The van der Waals surface area contributed by atoms with Gasteiger partial charge in [-0.25, -0.2) is 9.78 Å². The molecule has 3 heterocycles. The third-order valence-corrected chi connectivity index (χ3v) is 5.45. The maximum atomic E-state index is 11.5. The molecule has 3 aromatic heterocycles. The summed E-state index contributed by atoms with van der Waals surface area (Å²) in [5, 5.41) is 16.3. The van der Waals surface area contributed by atoms with Crippen molar-refractivity contribution in [1.29, 1.82) is 0 Å². The second kappa shape index (κ2) is 7.75. The topological polar surface area (TPSA) is 89.0 Å². The second-order valence-corrected chi connectivity index (χ2v) is 7.60. The van der Waals surface area contributed by atoms with Gasteiger partial charge >= 0.3 is 5.63 Å². The van der Waals surface area contributed by atoms with Crippen LogP contribution in [0.2, 0.25) is 0 Å². The van der Waals surface area contributed by atoms with Gasteiger partial charge < -0.3 is 19.6 Å². The molecule has 0 aliphatic heterocycles. The van der Waals surface area contributed by atoms with Crippen molar-refractivity contribution in [2.45, 2.75) is 26.5 Å². The summed E-state index contributed by atoms with van der Waals surface area (Å²) in [4.78, 5) is 17.0. The van der Waals surface area contributed by atoms with E-state index in [0.717, 1.165) is 27.3 Å². The second-order valence-electron chi connectivity index (χ2n) is 6.76. The van der Waals surface area contributed by atoms with Crippen LogP contribution in [-0.2, 0) is 6.54 Å². The van der Waals surface area contributed by atoms with Crippen LogP contribution >= 0.6 is 11.3 Å². The largest absolute Gasteiger partial charge is 0.491 e. The maximum absolute atomic E-state index is 11.5. The van der Waals surface area contributed by atoms with Crippen LogP contribution in [0.15, 0.2) is 45.1 Å². The van der Waals surface area contributed by atoms with E-state index in [1.165, 1.54) is 6.07 Å². The monoisotopic (exact) mass is 399 g/mol. The lowest BCUT2D eigenvalue weighted by Crippen LogP contribution is -2.31. The molecule has 0 spiro atoms. The van der Waals surface area contributed by atoms with Gasteiger partial charge in [0.25, 0.3) is 0 Å². The molecule has 4 aromatic rings. The molecular weight excluding hydrogens is 378 g/mol. The van der Waals surface area contributed by atoms with Crippen LogP contribution in [0.25, 0.3) is 15.9 Å². The number of aromatic nitrogens is 2. The van der Waals surface area contributed by atoms with Crippen molar-refractivity contribution < 1.29 is 14.3 Å². The Morgan fingerprint density at radius 3 is 3.04 bits per heavy atom. The van der Waals surface area contributed by atoms with Crippen LogP contribution in [0.4, 0.5) is 0 Å². The summed E-state index contributed by atoms with van der Waals surface area (Å²) in [5.74, 6) is 0.546. The van der Waals surface area contributed by atoms with E-state index in [1.54, 1.807) is 23.5 Å². The summed E-state index contributed by atoms with van der Waals surface area (Å²) >= 11 is 1.61. The zero-order chi connectivity index (χ0) is 19.7. The Morgan fingerprint density at radius 2 is 2.21 bits per heavy atom. The van der Waals surface area contributed by atoms with E-state index >= 15 is 0 Å². The first-order valence-corrected chi connectivity index (χ1v) is 9.86. The van der Waals surface area contributed by atoms with E-state index < -0.39 is 6.10 Å². The lowest BCUT2D eigenvalue weighted by Gasteiger charge is -2.13. The third kappa shape index (κ3) is 3.94. The fraction of sp³-hybridized carbons (Fsp3) is 0.300. The average Bonchev–Trinajstić information content (AvgIpc) is 3.21. The number of aryl methyl sites for hydroxylation is 2. The van der Waals surface area contributed by atoms with E-state index in [1.807, 2.05) is 26.1 Å². The van der Waals surface area contributed by atoms with Gasteiger partial charge in [-0.3, -0.25) is 4.40 Å². The molecule has 146 valence electrons. The van der Waals surface area contributed by atoms with Gasteiger partial charge in [0.1, 0.15) is 24.0 Å². The highest BCUT2D eigenvalue weighted by atomic mass is 32.1. The Hall–Kier alpha value is -2.68. The number of rotatable bonds is 7. The van der Waals surface area contributed by atoms with Crippen LogP contribution in [0.3, 0.4) is 0 Å². The SMILES string of the molecule is Cc1cc(=O)oc2cc(OCC(O)CNCc3cn4c(C)csc4n3)ccc12. The van der Waals surface area contributed by atoms with Gasteiger partial charge in [0.2, 0.25) is 0 Å². The minimum atomic E-state index is -0.675. The number of thiazole rings is 1. The number of nitrogens with one attached hydrogen (secondary N) is 1. The first-order chi connectivity index (χ1) is 13.5. The zero-order valence-corrected chi connectivity index (χ0v) is 16.5. The summed E-state index contributed by atoms with van der Waals surface area (Å²) in [5.41, 5.74) is 3.04. The van der Waals surface area contributed by atoms with Crippen LogP contribution in [0, 0.1) is 13.8 Å². The molecule has 0 aliphatic rings. The Balaban J connectivity index is 1.29. The normalized spacial score (nSPS) is 12.7. The number of imidazole rings is 1.